The lowest BCUT2D eigenvalue weighted by Crippen LogP contribution is -2.08. The smallest absolute Gasteiger partial charge is 0.141 e. The van der Waals surface area contributed by atoms with Gasteiger partial charge in [0.05, 0.1) is 11.6 Å². The summed E-state index contributed by atoms with van der Waals surface area (Å²) in [5.41, 5.74) is 7.29. The van der Waals surface area contributed by atoms with Gasteiger partial charge in [0.1, 0.15) is 7.14 Å². The maximum Gasteiger partial charge on any atom is 0.141 e. The van der Waals surface area contributed by atoms with Crippen LogP contribution in [0.5, 0.6) is 0 Å². The Morgan fingerprint density at radius 3 is 1.65 bits per heavy atom. The molecular formula is C34H22NOP. The van der Waals surface area contributed by atoms with Crippen LogP contribution in [0.1, 0.15) is 5.56 Å². The summed E-state index contributed by atoms with van der Waals surface area (Å²) in [4.78, 5) is 0. The van der Waals surface area contributed by atoms with Crippen molar-refractivity contribution in [3.05, 3.63) is 121 Å². The second kappa shape index (κ2) is 8.04. The van der Waals surface area contributed by atoms with Gasteiger partial charge in [-0.2, -0.15) is 5.26 Å². The van der Waals surface area contributed by atoms with Crippen LogP contribution in [0.3, 0.4) is 0 Å². The second-order valence-corrected chi connectivity index (χ2v) is 12.5. The van der Waals surface area contributed by atoms with Crippen LogP contribution in [0.4, 0.5) is 0 Å². The molecule has 7 rings (SSSR count). The molecule has 1 aliphatic rings. The molecule has 0 bridgehead atoms. The van der Waals surface area contributed by atoms with Gasteiger partial charge < -0.3 is 4.57 Å². The minimum absolute atomic E-state index is 0.650. The fourth-order valence-electron chi connectivity index (χ4n) is 5.93. The van der Waals surface area contributed by atoms with Crippen molar-refractivity contribution >= 4 is 39.3 Å². The van der Waals surface area contributed by atoms with Crippen LogP contribution in [0.25, 0.3) is 54.9 Å². The topological polar surface area (TPSA) is 40.9 Å². The summed E-state index contributed by atoms with van der Waals surface area (Å²) in [6.45, 7) is 1.89. The summed E-state index contributed by atoms with van der Waals surface area (Å²) in [5.74, 6) is 0. The van der Waals surface area contributed by atoms with Gasteiger partial charge in [0, 0.05) is 10.6 Å². The zero-order valence-electron chi connectivity index (χ0n) is 20.3. The van der Waals surface area contributed by atoms with E-state index < -0.39 is 7.14 Å². The predicted octanol–water partition coefficient (Wildman–Crippen LogP) is 8.12. The normalized spacial score (nSPS) is 15.9. The maximum atomic E-state index is 14.0. The molecule has 174 valence electrons. The Labute approximate surface area is 215 Å². The zero-order chi connectivity index (χ0) is 25.1. The van der Waals surface area contributed by atoms with Crippen LogP contribution in [0, 0.1) is 11.3 Å². The van der Waals surface area contributed by atoms with Gasteiger partial charge in [-0.25, -0.2) is 0 Å². The minimum Gasteiger partial charge on any atom is -0.314 e. The lowest BCUT2D eigenvalue weighted by Gasteiger charge is -2.18. The number of fused-ring (bicyclic) bond motifs is 5. The molecule has 37 heavy (non-hydrogen) atoms. The molecule has 1 heterocycles. The first-order chi connectivity index (χ1) is 18.1. The van der Waals surface area contributed by atoms with E-state index in [0.29, 0.717) is 5.56 Å². The van der Waals surface area contributed by atoms with Crippen LogP contribution in [0.15, 0.2) is 115 Å². The van der Waals surface area contributed by atoms with Crippen molar-refractivity contribution in [1.82, 2.24) is 0 Å². The molecule has 1 unspecified atom stereocenters. The number of benzene rings is 6. The summed E-state index contributed by atoms with van der Waals surface area (Å²) in [6.07, 6.45) is 0. The van der Waals surface area contributed by atoms with Crippen LogP contribution in [-0.4, -0.2) is 6.66 Å². The Hall–Kier alpha value is -4.44. The number of hydrogen-bond acceptors (Lipinski definition) is 2. The van der Waals surface area contributed by atoms with E-state index in [4.69, 9.17) is 0 Å². The number of hydrogen-bond donors (Lipinski definition) is 0. The molecule has 1 aliphatic heterocycles. The van der Waals surface area contributed by atoms with Crippen molar-refractivity contribution in [3.63, 3.8) is 0 Å². The molecule has 0 radical (unpaired) electrons. The van der Waals surface area contributed by atoms with Crippen molar-refractivity contribution in [3.8, 4) is 39.4 Å². The van der Waals surface area contributed by atoms with Crippen molar-refractivity contribution in [2.24, 2.45) is 0 Å². The van der Waals surface area contributed by atoms with Gasteiger partial charge in [-0.15, -0.1) is 0 Å². The Morgan fingerprint density at radius 1 is 0.568 bits per heavy atom. The average molecular weight is 492 g/mol. The molecule has 6 aromatic carbocycles. The molecule has 3 heteroatoms. The first kappa shape index (κ1) is 21.8. The maximum absolute atomic E-state index is 14.0. The molecule has 0 saturated carbocycles. The number of nitriles is 1. The SMILES string of the molecule is CP1(=O)c2ccccc2-c2ccc(-c3c4ccccc4c(-c4ccc(C#N)cc4)c4ccccc34)cc21. The van der Waals surface area contributed by atoms with Crippen LogP contribution in [-0.2, 0) is 4.57 Å². The number of rotatable bonds is 2. The van der Waals surface area contributed by atoms with Gasteiger partial charge in [-0.3, -0.25) is 0 Å². The quantitative estimate of drug-likeness (QED) is 0.181. The van der Waals surface area contributed by atoms with Crippen molar-refractivity contribution in [1.29, 1.82) is 5.26 Å². The summed E-state index contributed by atoms with van der Waals surface area (Å²) in [5, 5.41) is 15.8. The first-order valence-corrected chi connectivity index (χ1v) is 14.5. The monoisotopic (exact) mass is 491 g/mol. The van der Waals surface area contributed by atoms with E-state index >= 15 is 0 Å². The Morgan fingerprint density at radius 2 is 1.05 bits per heavy atom. The van der Waals surface area contributed by atoms with Crippen LogP contribution in [0.2, 0.25) is 0 Å². The molecule has 0 aliphatic carbocycles. The zero-order valence-corrected chi connectivity index (χ0v) is 21.2. The third kappa shape index (κ3) is 3.15. The summed E-state index contributed by atoms with van der Waals surface area (Å²) in [6, 6.07) is 41.6. The fourth-order valence-corrected chi connectivity index (χ4v) is 8.26. The molecular weight excluding hydrogens is 469 g/mol. The Balaban J connectivity index is 1.55. The highest BCUT2D eigenvalue weighted by Crippen LogP contribution is 2.51. The highest BCUT2D eigenvalue weighted by molar-refractivity contribution is 7.79. The van der Waals surface area contributed by atoms with Gasteiger partial charge in [-0.1, -0.05) is 97.1 Å². The van der Waals surface area contributed by atoms with Gasteiger partial charge in [0.25, 0.3) is 0 Å². The average Bonchev–Trinajstić information content (AvgIpc) is 3.18. The standard InChI is InChI=1S/C34H22NOP/c1-37(36)31-13-7-6-8-25(31)26-19-18-24(20-32(26)37)34-29-11-4-2-9-27(29)33(28-10-3-5-12-30(28)34)23-16-14-22(21-35)15-17-23/h2-20H,1H3. The highest BCUT2D eigenvalue weighted by atomic mass is 31.2. The Kier molecular flexibility index (Phi) is 4.74. The van der Waals surface area contributed by atoms with Crippen LogP contribution >= 0.6 is 7.14 Å². The fraction of sp³-hybridized carbons (Fsp3) is 0.0294. The van der Waals surface area contributed by atoms with E-state index in [-0.39, 0.29) is 0 Å². The van der Waals surface area contributed by atoms with Gasteiger partial charge in [0.15, 0.2) is 0 Å². The van der Waals surface area contributed by atoms with Gasteiger partial charge in [0.2, 0.25) is 0 Å². The van der Waals surface area contributed by atoms with Crippen molar-refractivity contribution < 1.29 is 4.57 Å². The lowest BCUT2D eigenvalue weighted by molar-refractivity contribution is 0.591. The Bertz CT molecular complexity index is 1920. The largest absolute Gasteiger partial charge is 0.314 e. The van der Waals surface area contributed by atoms with E-state index in [0.717, 1.165) is 65.5 Å². The third-order valence-electron chi connectivity index (χ3n) is 7.63. The molecule has 6 aromatic rings. The third-order valence-corrected chi connectivity index (χ3v) is 10.2. The molecule has 0 saturated heterocycles. The summed E-state index contributed by atoms with van der Waals surface area (Å²) >= 11 is 0. The summed E-state index contributed by atoms with van der Waals surface area (Å²) < 4.78 is 14.0. The van der Waals surface area contributed by atoms with Crippen molar-refractivity contribution in [2.45, 2.75) is 0 Å². The lowest BCUT2D eigenvalue weighted by atomic mass is 9.85. The van der Waals surface area contributed by atoms with E-state index in [1.54, 1.807) is 0 Å². The summed E-state index contributed by atoms with van der Waals surface area (Å²) in [7, 11) is -2.68. The predicted molar refractivity (Wildman–Crippen MR) is 155 cm³/mol. The van der Waals surface area contributed by atoms with E-state index in [2.05, 4.69) is 78.9 Å². The molecule has 0 spiro atoms. The molecule has 0 fully saturated rings. The van der Waals surface area contributed by atoms with Crippen molar-refractivity contribution in [2.75, 3.05) is 6.66 Å². The van der Waals surface area contributed by atoms with Gasteiger partial charge in [-0.05, 0) is 79.8 Å². The van der Waals surface area contributed by atoms with Crippen LogP contribution < -0.4 is 10.6 Å². The molecule has 2 nitrogen and oxygen atoms in total. The highest BCUT2D eigenvalue weighted by Gasteiger charge is 2.34. The van der Waals surface area contributed by atoms with E-state index in [1.165, 1.54) is 0 Å². The molecule has 1 atom stereocenters. The molecule has 0 amide bonds. The second-order valence-electron chi connectivity index (χ2n) is 9.70. The molecule has 0 aromatic heterocycles. The minimum atomic E-state index is -2.68. The van der Waals surface area contributed by atoms with E-state index in [1.807, 2.05) is 49.1 Å². The van der Waals surface area contributed by atoms with Gasteiger partial charge >= 0.3 is 0 Å². The molecule has 0 N–H and O–H groups in total. The first-order valence-electron chi connectivity index (χ1n) is 12.3. The van der Waals surface area contributed by atoms with E-state index in [9.17, 15) is 9.83 Å². The number of nitrogens with zero attached hydrogens (tertiary/aromatic N) is 1.